The minimum atomic E-state index is -0.128. The van der Waals surface area contributed by atoms with Crippen molar-refractivity contribution in [2.45, 2.75) is 26.3 Å². The Morgan fingerprint density at radius 2 is 1.85 bits per heavy atom. The lowest BCUT2D eigenvalue weighted by atomic mass is 9.95. The van der Waals surface area contributed by atoms with Crippen molar-refractivity contribution in [1.82, 2.24) is 10.2 Å². The van der Waals surface area contributed by atoms with E-state index in [1.165, 1.54) is 6.07 Å². The molecule has 1 aliphatic rings. The highest BCUT2D eigenvalue weighted by Gasteiger charge is 2.23. The second kappa shape index (κ2) is 9.56. The molecule has 2 nitrogen and oxygen atoms in total. The van der Waals surface area contributed by atoms with E-state index >= 15 is 0 Å². The monoisotopic (exact) mass is 322 g/mol. The highest BCUT2D eigenvalue weighted by molar-refractivity contribution is 5.85. The molecule has 0 amide bonds. The largest absolute Gasteiger partial charge is 0.314 e. The third-order valence-electron chi connectivity index (χ3n) is 3.52. The summed E-state index contributed by atoms with van der Waals surface area (Å²) in [5, 5.41) is 3.37. The Morgan fingerprint density at radius 1 is 1.20 bits per heavy atom. The Morgan fingerprint density at radius 3 is 2.40 bits per heavy atom. The number of halogens is 3. The summed E-state index contributed by atoms with van der Waals surface area (Å²) < 4.78 is 13.4. The predicted octanol–water partition coefficient (Wildman–Crippen LogP) is 3.66. The standard InChI is InChI=1S/C15H23FN2.2ClH/c1-12(2)10-15(18-8-6-17-7-9-18)13-4-3-5-14(16)11-13;;/h3-5,11-12,15,17H,6-10H2,1-2H3;2*1H/t15-;;/m0../s1. The van der Waals surface area contributed by atoms with Crippen LogP contribution in [0.4, 0.5) is 4.39 Å². The Balaban J connectivity index is 0.00000180. The summed E-state index contributed by atoms with van der Waals surface area (Å²) in [6, 6.07) is 7.43. The first-order chi connectivity index (χ1) is 8.66. The maximum Gasteiger partial charge on any atom is 0.123 e. The molecule has 116 valence electrons. The molecule has 0 unspecified atom stereocenters. The molecule has 1 atom stereocenters. The van der Waals surface area contributed by atoms with Crippen molar-refractivity contribution in [2.75, 3.05) is 26.2 Å². The van der Waals surface area contributed by atoms with Crippen molar-refractivity contribution in [1.29, 1.82) is 0 Å². The number of hydrogen-bond acceptors (Lipinski definition) is 2. The van der Waals surface area contributed by atoms with Gasteiger partial charge < -0.3 is 5.32 Å². The van der Waals surface area contributed by atoms with E-state index in [0.717, 1.165) is 38.2 Å². The van der Waals surface area contributed by atoms with Gasteiger partial charge in [-0.3, -0.25) is 4.90 Å². The fourth-order valence-corrected chi connectivity index (χ4v) is 2.65. The van der Waals surface area contributed by atoms with Gasteiger partial charge in [0.1, 0.15) is 5.82 Å². The first kappa shape index (κ1) is 19.7. The van der Waals surface area contributed by atoms with Gasteiger partial charge in [0.05, 0.1) is 0 Å². The van der Waals surface area contributed by atoms with Crippen LogP contribution in [0.1, 0.15) is 31.9 Å². The highest BCUT2D eigenvalue weighted by atomic mass is 35.5. The fraction of sp³-hybridized carbons (Fsp3) is 0.600. The molecule has 1 saturated heterocycles. The summed E-state index contributed by atoms with van der Waals surface area (Å²) in [6.45, 7) is 8.62. The highest BCUT2D eigenvalue weighted by Crippen LogP contribution is 2.28. The maximum atomic E-state index is 13.4. The first-order valence-electron chi connectivity index (χ1n) is 6.87. The van der Waals surface area contributed by atoms with E-state index in [1.807, 2.05) is 6.07 Å². The van der Waals surface area contributed by atoms with E-state index in [0.29, 0.717) is 12.0 Å². The molecule has 1 aliphatic heterocycles. The molecule has 0 aliphatic carbocycles. The van der Waals surface area contributed by atoms with Crippen LogP contribution in [0.2, 0.25) is 0 Å². The minimum Gasteiger partial charge on any atom is -0.314 e. The van der Waals surface area contributed by atoms with Crippen molar-refractivity contribution in [3.8, 4) is 0 Å². The quantitative estimate of drug-likeness (QED) is 0.910. The van der Waals surface area contributed by atoms with Crippen molar-refractivity contribution in [3.05, 3.63) is 35.6 Å². The van der Waals surface area contributed by atoms with Gasteiger partial charge >= 0.3 is 0 Å². The Kier molecular flexibility index (Phi) is 9.39. The Labute approximate surface area is 133 Å². The smallest absolute Gasteiger partial charge is 0.123 e. The van der Waals surface area contributed by atoms with Crippen LogP contribution in [0.25, 0.3) is 0 Å². The Bertz CT molecular complexity index is 382. The maximum absolute atomic E-state index is 13.4. The summed E-state index contributed by atoms with van der Waals surface area (Å²) in [6.07, 6.45) is 1.09. The number of rotatable bonds is 4. The fourth-order valence-electron chi connectivity index (χ4n) is 2.65. The molecule has 2 rings (SSSR count). The van der Waals surface area contributed by atoms with Crippen LogP contribution < -0.4 is 5.32 Å². The normalized spacial score (nSPS) is 17.2. The summed E-state index contributed by atoms with van der Waals surface area (Å²) in [5.41, 5.74) is 1.12. The van der Waals surface area contributed by atoms with Gasteiger partial charge in [0.2, 0.25) is 0 Å². The van der Waals surface area contributed by atoms with Crippen LogP contribution in [0.15, 0.2) is 24.3 Å². The lowest BCUT2D eigenvalue weighted by molar-refractivity contribution is 0.154. The number of hydrogen-bond donors (Lipinski definition) is 1. The zero-order valence-corrected chi connectivity index (χ0v) is 13.8. The van der Waals surface area contributed by atoms with Crippen LogP contribution in [0.5, 0.6) is 0 Å². The molecule has 5 heteroatoms. The minimum absolute atomic E-state index is 0. The number of nitrogens with one attached hydrogen (secondary N) is 1. The lowest BCUT2D eigenvalue weighted by Crippen LogP contribution is -2.45. The zero-order valence-electron chi connectivity index (χ0n) is 12.1. The summed E-state index contributed by atoms with van der Waals surface area (Å²) in [7, 11) is 0. The number of benzene rings is 1. The SMILES string of the molecule is CC(C)C[C@@H](c1cccc(F)c1)N1CCNCC1.Cl.Cl. The molecule has 0 bridgehead atoms. The summed E-state index contributed by atoms with van der Waals surface area (Å²) >= 11 is 0. The van der Waals surface area contributed by atoms with Crippen molar-refractivity contribution < 1.29 is 4.39 Å². The van der Waals surface area contributed by atoms with Gasteiger partial charge in [0.15, 0.2) is 0 Å². The number of nitrogens with zero attached hydrogens (tertiary/aromatic N) is 1. The van der Waals surface area contributed by atoms with E-state index in [-0.39, 0.29) is 30.6 Å². The molecule has 0 aromatic heterocycles. The molecule has 1 fully saturated rings. The molecule has 0 spiro atoms. The predicted molar refractivity (Wildman–Crippen MR) is 87.5 cm³/mol. The van der Waals surface area contributed by atoms with Gasteiger partial charge in [0, 0.05) is 32.2 Å². The topological polar surface area (TPSA) is 15.3 Å². The zero-order chi connectivity index (χ0) is 13.0. The van der Waals surface area contributed by atoms with E-state index in [4.69, 9.17) is 0 Å². The van der Waals surface area contributed by atoms with E-state index in [9.17, 15) is 4.39 Å². The summed E-state index contributed by atoms with van der Waals surface area (Å²) in [5.74, 6) is 0.490. The number of piperazine rings is 1. The van der Waals surface area contributed by atoms with Gasteiger partial charge in [0.25, 0.3) is 0 Å². The molecule has 1 aromatic rings. The van der Waals surface area contributed by atoms with Gasteiger partial charge in [-0.1, -0.05) is 26.0 Å². The molecule has 1 N–H and O–H groups in total. The third kappa shape index (κ3) is 5.57. The van der Waals surface area contributed by atoms with Crippen LogP contribution in [-0.2, 0) is 0 Å². The molecular weight excluding hydrogens is 298 g/mol. The summed E-state index contributed by atoms with van der Waals surface area (Å²) in [4.78, 5) is 2.48. The third-order valence-corrected chi connectivity index (χ3v) is 3.52. The van der Waals surface area contributed by atoms with Crippen molar-refractivity contribution in [3.63, 3.8) is 0 Å². The van der Waals surface area contributed by atoms with E-state index in [1.54, 1.807) is 6.07 Å². The average molecular weight is 323 g/mol. The van der Waals surface area contributed by atoms with Crippen LogP contribution in [0.3, 0.4) is 0 Å². The van der Waals surface area contributed by atoms with Crippen molar-refractivity contribution in [2.24, 2.45) is 5.92 Å². The second-order valence-corrected chi connectivity index (χ2v) is 5.49. The van der Waals surface area contributed by atoms with Crippen molar-refractivity contribution >= 4 is 24.8 Å². The molecule has 1 heterocycles. The van der Waals surface area contributed by atoms with Gasteiger partial charge in [-0.15, -0.1) is 24.8 Å². The second-order valence-electron chi connectivity index (χ2n) is 5.49. The molecular formula is C15H25Cl2FN2. The first-order valence-corrected chi connectivity index (χ1v) is 6.87. The molecule has 1 aromatic carbocycles. The van der Waals surface area contributed by atoms with E-state index in [2.05, 4.69) is 30.1 Å². The molecule has 0 saturated carbocycles. The van der Waals surface area contributed by atoms with Crippen LogP contribution >= 0.6 is 24.8 Å². The average Bonchev–Trinajstić information content (AvgIpc) is 2.37. The molecule has 0 radical (unpaired) electrons. The van der Waals surface area contributed by atoms with E-state index < -0.39 is 0 Å². The molecule has 20 heavy (non-hydrogen) atoms. The lowest BCUT2D eigenvalue weighted by Gasteiger charge is -2.36. The Hall–Kier alpha value is -0.350. The van der Waals surface area contributed by atoms with Gasteiger partial charge in [-0.2, -0.15) is 0 Å². The van der Waals surface area contributed by atoms with Crippen LogP contribution in [-0.4, -0.2) is 31.1 Å². The van der Waals surface area contributed by atoms with Gasteiger partial charge in [-0.25, -0.2) is 4.39 Å². The van der Waals surface area contributed by atoms with Gasteiger partial charge in [-0.05, 0) is 30.0 Å². The van der Waals surface area contributed by atoms with Crippen LogP contribution in [0, 0.1) is 11.7 Å².